The summed E-state index contributed by atoms with van der Waals surface area (Å²) in [7, 11) is 1.58. The van der Waals surface area contributed by atoms with E-state index in [1.807, 2.05) is 25.7 Å². The number of hydrogen-bond donors (Lipinski definition) is 2. The highest BCUT2D eigenvalue weighted by Crippen LogP contribution is 2.33. The molecule has 8 heteroatoms. The van der Waals surface area contributed by atoms with Crippen LogP contribution in [0, 0.1) is 12.3 Å². The largest absolute Gasteiger partial charge is 0.507 e. The average Bonchev–Trinajstić information content (AvgIpc) is 2.87. The first-order valence-corrected chi connectivity index (χ1v) is 12.9. The Hall–Kier alpha value is -3.26. The lowest BCUT2D eigenvalue weighted by atomic mass is 9.87. The zero-order valence-electron chi connectivity index (χ0n) is 22.7. The Balaban J connectivity index is 1.49. The molecule has 8 nitrogen and oxygen atoms in total. The number of Topliss-reactive ketones (excluding diaryl/α,β-unsaturated/α-hetero) is 1. The van der Waals surface area contributed by atoms with Gasteiger partial charge in [0.25, 0.3) is 5.91 Å². The zero-order chi connectivity index (χ0) is 27.0. The molecule has 0 aromatic heterocycles. The first kappa shape index (κ1) is 28.3. The number of unbranched alkanes of at least 4 members (excludes halogenated alkanes) is 1. The van der Waals surface area contributed by atoms with Crippen LogP contribution in [0.15, 0.2) is 30.3 Å². The van der Waals surface area contributed by atoms with Gasteiger partial charge in [-0.3, -0.25) is 9.59 Å². The summed E-state index contributed by atoms with van der Waals surface area (Å²) < 4.78 is 17.2. The van der Waals surface area contributed by atoms with Gasteiger partial charge in [-0.2, -0.15) is 0 Å². The minimum atomic E-state index is -0.152. The molecule has 1 aliphatic heterocycles. The SMILES string of the molecule is COc1ccc(C(=O)N2CCNCC2)cc1OCCCCOc1ccc(C(=O)CC(C)(C)C)c(O)c1C. The first-order valence-electron chi connectivity index (χ1n) is 12.9. The fourth-order valence-electron chi connectivity index (χ4n) is 4.18. The van der Waals surface area contributed by atoms with Crippen molar-refractivity contribution in [3.05, 3.63) is 47.0 Å². The predicted octanol–water partition coefficient (Wildman–Crippen LogP) is 4.61. The highest BCUT2D eigenvalue weighted by Gasteiger charge is 2.22. The van der Waals surface area contributed by atoms with Gasteiger partial charge in [-0.25, -0.2) is 0 Å². The van der Waals surface area contributed by atoms with Gasteiger partial charge < -0.3 is 29.5 Å². The summed E-state index contributed by atoms with van der Waals surface area (Å²) in [5, 5.41) is 13.8. The van der Waals surface area contributed by atoms with E-state index in [-0.39, 0.29) is 22.9 Å². The molecule has 1 amide bonds. The maximum Gasteiger partial charge on any atom is 0.254 e. The fraction of sp³-hybridized carbons (Fsp3) is 0.517. The lowest BCUT2D eigenvalue weighted by molar-refractivity contribution is 0.0735. The topological polar surface area (TPSA) is 97.3 Å². The Kier molecular flexibility index (Phi) is 9.80. The van der Waals surface area contributed by atoms with E-state index < -0.39 is 0 Å². The molecular formula is C29H40N2O6. The molecule has 1 aliphatic rings. The number of carbonyl (C=O) groups is 2. The van der Waals surface area contributed by atoms with Crippen LogP contribution >= 0.6 is 0 Å². The lowest BCUT2D eigenvalue weighted by Crippen LogP contribution is -2.46. The van der Waals surface area contributed by atoms with Crippen LogP contribution in [0.5, 0.6) is 23.0 Å². The molecule has 0 unspecified atom stereocenters. The van der Waals surface area contributed by atoms with Crippen LogP contribution in [0.3, 0.4) is 0 Å². The highest BCUT2D eigenvalue weighted by atomic mass is 16.5. The molecule has 2 N–H and O–H groups in total. The van der Waals surface area contributed by atoms with Crippen molar-refractivity contribution in [1.82, 2.24) is 10.2 Å². The second kappa shape index (κ2) is 12.8. The molecule has 0 atom stereocenters. The zero-order valence-corrected chi connectivity index (χ0v) is 22.7. The van der Waals surface area contributed by atoms with E-state index in [4.69, 9.17) is 14.2 Å². The standard InChI is InChI=1S/C29H40N2O6/c1-20-24(11-9-22(27(20)33)23(32)19-29(2,3)4)36-16-6-7-17-37-26-18-21(8-10-25(26)35-5)28(34)31-14-12-30-13-15-31/h8-11,18,30,33H,6-7,12-17,19H2,1-5H3. The summed E-state index contributed by atoms with van der Waals surface area (Å²) in [6.45, 7) is 11.6. The number of hydrogen-bond acceptors (Lipinski definition) is 7. The third-order valence-electron chi connectivity index (χ3n) is 6.24. The van der Waals surface area contributed by atoms with Crippen molar-refractivity contribution < 1.29 is 28.9 Å². The summed E-state index contributed by atoms with van der Waals surface area (Å²) in [6.07, 6.45) is 1.82. The Bertz CT molecular complexity index is 1090. The van der Waals surface area contributed by atoms with Crippen molar-refractivity contribution in [3.63, 3.8) is 0 Å². The van der Waals surface area contributed by atoms with Gasteiger partial charge in [0, 0.05) is 43.7 Å². The number of benzene rings is 2. The van der Waals surface area contributed by atoms with Gasteiger partial charge in [-0.15, -0.1) is 0 Å². The number of phenolic OH excluding ortho intramolecular Hbond substituents is 1. The number of ketones is 1. The normalized spacial score (nSPS) is 13.8. The van der Waals surface area contributed by atoms with E-state index in [1.54, 1.807) is 44.4 Å². The number of carbonyl (C=O) groups excluding carboxylic acids is 2. The molecule has 37 heavy (non-hydrogen) atoms. The van der Waals surface area contributed by atoms with Crippen LogP contribution in [0.4, 0.5) is 0 Å². The Morgan fingerprint density at radius 1 is 0.973 bits per heavy atom. The number of methoxy groups -OCH3 is 1. The Labute approximate surface area is 219 Å². The van der Waals surface area contributed by atoms with Crippen LogP contribution in [-0.2, 0) is 0 Å². The van der Waals surface area contributed by atoms with E-state index >= 15 is 0 Å². The first-order chi connectivity index (χ1) is 17.6. The molecule has 3 rings (SSSR count). The van der Waals surface area contributed by atoms with Gasteiger partial charge in [-0.1, -0.05) is 20.8 Å². The molecule has 0 aliphatic carbocycles. The molecule has 202 valence electrons. The third kappa shape index (κ3) is 7.86. The molecular weight excluding hydrogens is 472 g/mol. The molecule has 1 fully saturated rings. The maximum atomic E-state index is 12.8. The van der Waals surface area contributed by atoms with Gasteiger partial charge in [0.1, 0.15) is 11.5 Å². The van der Waals surface area contributed by atoms with Crippen LogP contribution in [0.2, 0.25) is 0 Å². The highest BCUT2D eigenvalue weighted by molar-refractivity contribution is 5.99. The van der Waals surface area contributed by atoms with Crippen LogP contribution < -0.4 is 19.5 Å². The minimum Gasteiger partial charge on any atom is -0.507 e. The fourth-order valence-corrected chi connectivity index (χ4v) is 4.18. The molecule has 1 heterocycles. The van der Waals surface area contributed by atoms with Gasteiger partial charge in [0.2, 0.25) is 0 Å². The van der Waals surface area contributed by atoms with Crippen molar-refractivity contribution in [3.8, 4) is 23.0 Å². The summed E-state index contributed by atoms with van der Waals surface area (Å²) >= 11 is 0. The smallest absolute Gasteiger partial charge is 0.254 e. The number of phenols is 1. The van der Waals surface area contributed by atoms with Crippen LogP contribution in [-0.4, -0.2) is 68.2 Å². The maximum absolute atomic E-state index is 12.8. The molecule has 1 saturated heterocycles. The van der Waals surface area contributed by atoms with Crippen molar-refractivity contribution in [2.24, 2.45) is 5.41 Å². The number of nitrogens with one attached hydrogen (secondary N) is 1. The van der Waals surface area contributed by atoms with Gasteiger partial charge >= 0.3 is 0 Å². The molecule has 0 bridgehead atoms. The Morgan fingerprint density at radius 2 is 1.59 bits per heavy atom. The number of ether oxygens (including phenoxy) is 3. The second-order valence-electron chi connectivity index (χ2n) is 10.6. The summed E-state index contributed by atoms with van der Waals surface area (Å²) in [4.78, 5) is 27.2. The van der Waals surface area contributed by atoms with E-state index in [1.165, 1.54) is 0 Å². The van der Waals surface area contributed by atoms with E-state index in [0.717, 1.165) is 25.9 Å². The van der Waals surface area contributed by atoms with E-state index in [2.05, 4.69) is 5.32 Å². The number of aromatic hydroxyl groups is 1. The molecule has 0 radical (unpaired) electrons. The number of rotatable bonds is 11. The number of amides is 1. The van der Waals surface area contributed by atoms with Gasteiger partial charge in [0.15, 0.2) is 17.3 Å². The van der Waals surface area contributed by atoms with Crippen molar-refractivity contribution >= 4 is 11.7 Å². The lowest BCUT2D eigenvalue weighted by Gasteiger charge is -2.27. The van der Waals surface area contributed by atoms with E-state index in [0.29, 0.717) is 66.7 Å². The van der Waals surface area contributed by atoms with Crippen molar-refractivity contribution in [2.45, 2.75) is 47.0 Å². The van der Waals surface area contributed by atoms with Gasteiger partial charge in [0.05, 0.1) is 25.9 Å². The Morgan fingerprint density at radius 3 is 2.22 bits per heavy atom. The molecule has 0 saturated carbocycles. The van der Waals surface area contributed by atoms with Crippen LogP contribution in [0.1, 0.15) is 66.3 Å². The number of piperazine rings is 1. The second-order valence-corrected chi connectivity index (χ2v) is 10.6. The minimum absolute atomic E-state index is 0.00727. The molecule has 0 spiro atoms. The molecule has 2 aromatic carbocycles. The monoisotopic (exact) mass is 512 g/mol. The predicted molar refractivity (Wildman–Crippen MR) is 143 cm³/mol. The van der Waals surface area contributed by atoms with Crippen molar-refractivity contribution in [1.29, 1.82) is 0 Å². The van der Waals surface area contributed by atoms with Crippen LogP contribution in [0.25, 0.3) is 0 Å². The average molecular weight is 513 g/mol. The van der Waals surface area contributed by atoms with E-state index in [9.17, 15) is 14.7 Å². The van der Waals surface area contributed by atoms with Gasteiger partial charge in [-0.05, 0) is 55.5 Å². The summed E-state index contributed by atoms with van der Waals surface area (Å²) in [5.74, 6) is 1.59. The number of nitrogens with zero attached hydrogens (tertiary/aromatic N) is 1. The van der Waals surface area contributed by atoms with Crippen molar-refractivity contribution in [2.75, 3.05) is 46.5 Å². The summed E-state index contributed by atoms with van der Waals surface area (Å²) in [6, 6.07) is 8.65. The summed E-state index contributed by atoms with van der Waals surface area (Å²) in [5.41, 5.74) is 1.33. The molecule has 2 aromatic rings. The quantitative estimate of drug-likeness (QED) is 0.335. The third-order valence-corrected chi connectivity index (χ3v) is 6.24.